The lowest BCUT2D eigenvalue weighted by atomic mass is 9.87. The molecule has 1 fully saturated rings. The fraction of sp³-hybridized carbons (Fsp3) is 0.375. The van der Waals surface area contributed by atoms with Gasteiger partial charge in [0.15, 0.2) is 11.4 Å². The molecule has 0 spiro atoms. The normalized spacial score (nSPS) is 21.1. The summed E-state index contributed by atoms with van der Waals surface area (Å²) in [5.74, 6) is 0.692. The third kappa shape index (κ3) is 4.61. The van der Waals surface area contributed by atoms with Crippen molar-refractivity contribution >= 4 is 5.91 Å². The summed E-state index contributed by atoms with van der Waals surface area (Å²) in [4.78, 5) is 16.6. The van der Waals surface area contributed by atoms with E-state index < -0.39 is 0 Å². The summed E-state index contributed by atoms with van der Waals surface area (Å²) in [6.07, 6.45) is 3.33. The Hall–Kier alpha value is -3.19. The average molecular weight is 420 g/mol. The Labute approximate surface area is 183 Å². The number of nitrogens with one attached hydrogen (secondary N) is 1. The summed E-state index contributed by atoms with van der Waals surface area (Å²) in [7, 11) is 4.10. The quantitative estimate of drug-likeness (QED) is 0.618. The first-order chi connectivity index (χ1) is 15.0. The summed E-state index contributed by atoms with van der Waals surface area (Å²) in [5, 5.41) is 12.0. The van der Waals surface area contributed by atoms with Crippen molar-refractivity contribution in [2.75, 3.05) is 14.1 Å². The topological polar surface area (TPSA) is 72.3 Å². The van der Waals surface area contributed by atoms with Crippen molar-refractivity contribution in [1.82, 2.24) is 25.2 Å². The molecule has 0 saturated heterocycles. The summed E-state index contributed by atoms with van der Waals surface area (Å²) in [6.45, 7) is 1.81. The van der Waals surface area contributed by atoms with E-state index in [4.69, 9.17) is 4.74 Å². The van der Waals surface area contributed by atoms with Gasteiger partial charge in [-0.2, -0.15) is 9.90 Å². The third-order valence-electron chi connectivity index (χ3n) is 5.95. The maximum Gasteiger partial charge on any atom is 0.273 e. The minimum absolute atomic E-state index is 0.0845. The highest BCUT2D eigenvalue weighted by Gasteiger charge is 2.40. The van der Waals surface area contributed by atoms with E-state index in [0.29, 0.717) is 11.4 Å². The minimum Gasteiger partial charge on any atom is -0.473 e. The second kappa shape index (κ2) is 8.89. The molecule has 4 rings (SSSR count). The molecule has 0 atom stereocenters. The molecule has 162 valence electrons. The fourth-order valence-electron chi connectivity index (χ4n) is 4.08. The van der Waals surface area contributed by atoms with Crippen LogP contribution in [0.25, 0.3) is 5.69 Å². The van der Waals surface area contributed by atoms with Gasteiger partial charge in [-0.1, -0.05) is 36.4 Å². The zero-order valence-corrected chi connectivity index (χ0v) is 18.3. The maximum absolute atomic E-state index is 12.9. The van der Waals surface area contributed by atoms with Crippen molar-refractivity contribution < 1.29 is 9.53 Å². The van der Waals surface area contributed by atoms with Gasteiger partial charge in [0, 0.05) is 18.9 Å². The van der Waals surface area contributed by atoms with Gasteiger partial charge in [0.25, 0.3) is 5.91 Å². The number of nitrogens with zero attached hydrogens (tertiary/aromatic N) is 4. The molecular formula is C24H29N5O2. The number of aryl methyl sites for hydroxylation is 1. The number of benzene rings is 2. The molecule has 2 aromatic carbocycles. The highest BCUT2D eigenvalue weighted by atomic mass is 16.5. The van der Waals surface area contributed by atoms with Crippen molar-refractivity contribution in [2.24, 2.45) is 0 Å². The second-order valence-electron chi connectivity index (χ2n) is 8.26. The van der Waals surface area contributed by atoms with Crippen molar-refractivity contribution in [1.29, 1.82) is 0 Å². The molecule has 0 radical (unpaired) electrons. The smallest absolute Gasteiger partial charge is 0.273 e. The predicted molar refractivity (Wildman–Crippen MR) is 119 cm³/mol. The van der Waals surface area contributed by atoms with Crippen molar-refractivity contribution in [2.45, 2.75) is 44.4 Å². The standard InChI is InChI=1S/C24H29N5O2/c1-18-22(27-29(26-18)20-10-6-4-7-11-20)23(30)25-19-14-16-24(17-15-19,28(2)3)31-21-12-8-5-9-13-21/h4-13,19H,14-17H2,1-3H3,(H,25,30). The van der Waals surface area contributed by atoms with Gasteiger partial charge in [0.1, 0.15) is 5.75 Å². The van der Waals surface area contributed by atoms with E-state index in [9.17, 15) is 4.79 Å². The van der Waals surface area contributed by atoms with Crippen LogP contribution >= 0.6 is 0 Å². The molecular weight excluding hydrogens is 390 g/mol. The fourth-order valence-corrected chi connectivity index (χ4v) is 4.08. The van der Waals surface area contributed by atoms with E-state index in [1.165, 1.54) is 4.80 Å². The zero-order chi connectivity index (χ0) is 21.8. The summed E-state index contributed by atoms with van der Waals surface area (Å²) in [6, 6.07) is 19.6. The Morgan fingerprint density at radius 2 is 1.65 bits per heavy atom. The number of ether oxygens (including phenoxy) is 1. The van der Waals surface area contributed by atoms with Gasteiger partial charge in [-0.15, -0.1) is 5.10 Å². The van der Waals surface area contributed by atoms with E-state index in [1.807, 2.05) is 81.7 Å². The van der Waals surface area contributed by atoms with E-state index in [2.05, 4.69) is 20.4 Å². The summed E-state index contributed by atoms with van der Waals surface area (Å²) >= 11 is 0. The lowest BCUT2D eigenvalue weighted by molar-refractivity contribution is -0.0886. The Morgan fingerprint density at radius 1 is 1.03 bits per heavy atom. The number of rotatable bonds is 6. The van der Waals surface area contributed by atoms with Gasteiger partial charge in [-0.25, -0.2) is 0 Å². The van der Waals surface area contributed by atoms with Gasteiger partial charge < -0.3 is 10.1 Å². The van der Waals surface area contributed by atoms with Gasteiger partial charge in [0.2, 0.25) is 0 Å². The molecule has 7 heteroatoms. The first-order valence-electron chi connectivity index (χ1n) is 10.7. The molecule has 1 aromatic heterocycles. The Kier molecular flexibility index (Phi) is 6.04. The predicted octanol–water partition coefficient (Wildman–Crippen LogP) is 3.59. The molecule has 1 saturated carbocycles. The number of para-hydroxylation sites is 2. The van der Waals surface area contributed by atoms with Crippen LogP contribution < -0.4 is 10.1 Å². The van der Waals surface area contributed by atoms with Gasteiger partial charge in [0.05, 0.1) is 11.4 Å². The summed E-state index contributed by atoms with van der Waals surface area (Å²) < 4.78 is 6.40. The minimum atomic E-state index is -0.366. The van der Waals surface area contributed by atoms with Crippen LogP contribution in [-0.2, 0) is 0 Å². The van der Waals surface area contributed by atoms with Crippen LogP contribution in [0.5, 0.6) is 5.75 Å². The van der Waals surface area contributed by atoms with Crippen LogP contribution in [0.1, 0.15) is 41.9 Å². The molecule has 1 amide bonds. The maximum atomic E-state index is 12.9. The Balaban J connectivity index is 1.40. The highest BCUT2D eigenvalue weighted by Crippen LogP contribution is 2.34. The van der Waals surface area contributed by atoms with Crippen LogP contribution in [0.4, 0.5) is 0 Å². The number of amides is 1. The van der Waals surface area contributed by atoms with E-state index in [-0.39, 0.29) is 17.7 Å². The molecule has 0 unspecified atom stereocenters. The molecule has 1 aliphatic rings. The number of aromatic nitrogens is 3. The van der Waals surface area contributed by atoms with Crippen LogP contribution in [0.15, 0.2) is 60.7 Å². The van der Waals surface area contributed by atoms with Crippen molar-refractivity contribution in [3.05, 3.63) is 72.1 Å². The number of carbonyl (C=O) groups excluding carboxylic acids is 1. The molecule has 7 nitrogen and oxygen atoms in total. The van der Waals surface area contributed by atoms with Gasteiger partial charge in [-0.05, 0) is 58.1 Å². The van der Waals surface area contributed by atoms with Crippen LogP contribution in [0, 0.1) is 6.92 Å². The monoisotopic (exact) mass is 419 g/mol. The average Bonchev–Trinajstić information content (AvgIpc) is 3.18. The highest BCUT2D eigenvalue weighted by molar-refractivity contribution is 5.93. The molecule has 31 heavy (non-hydrogen) atoms. The van der Waals surface area contributed by atoms with Crippen LogP contribution in [0.3, 0.4) is 0 Å². The van der Waals surface area contributed by atoms with Crippen molar-refractivity contribution in [3.63, 3.8) is 0 Å². The lowest BCUT2D eigenvalue weighted by Gasteiger charge is -2.44. The van der Waals surface area contributed by atoms with Crippen LogP contribution in [0.2, 0.25) is 0 Å². The zero-order valence-electron chi connectivity index (χ0n) is 18.3. The molecule has 1 N–H and O–H groups in total. The first-order valence-corrected chi connectivity index (χ1v) is 10.7. The van der Waals surface area contributed by atoms with E-state index in [0.717, 1.165) is 37.1 Å². The van der Waals surface area contributed by atoms with Crippen molar-refractivity contribution in [3.8, 4) is 11.4 Å². The Morgan fingerprint density at radius 3 is 2.26 bits per heavy atom. The van der Waals surface area contributed by atoms with E-state index >= 15 is 0 Å². The Bertz CT molecular complexity index is 1010. The summed E-state index contributed by atoms with van der Waals surface area (Å²) in [5.41, 5.74) is 1.45. The molecule has 3 aromatic rings. The second-order valence-corrected chi connectivity index (χ2v) is 8.26. The largest absolute Gasteiger partial charge is 0.473 e. The molecule has 1 heterocycles. The number of hydrogen-bond donors (Lipinski definition) is 1. The van der Waals surface area contributed by atoms with Crippen LogP contribution in [-0.4, -0.2) is 51.7 Å². The van der Waals surface area contributed by atoms with Gasteiger partial charge >= 0.3 is 0 Å². The number of carbonyl (C=O) groups is 1. The lowest BCUT2D eigenvalue weighted by Crippen LogP contribution is -2.54. The third-order valence-corrected chi connectivity index (χ3v) is 5.95. The number of hydrogen-bond acceptors (Lipinski definition) is 5. The molecule has 0 bridgehead atoms. The molecule has 0 aliphatic heterocycles. The SMILES string of the molecule is Cc1nn(-c2ccccc2)nc1C(=O)NC1CCC(Oc2ccccc2)(N(C)C)CC1. The molecule has 1 aliphatic carbocycles. The van der Waals surface area contributed by atoms with Gasteiger partial charge in [-0.3, -0.25) is 9.69 Å². The first kappa shape index (κ1) is 21.1. The van der Waals surface area contributed by atoms with E-state index in [1.54, 1.807) is 0 Å².